The van der Waals surface area contributed by atoms with Gasteiger partial charge in [-0.25, -0.2) is 9.97 Å². The molecule has 0 bridgehead atoms. The molecule has 2 aromatic rings. The molecule has 2 aromatic heterocycles. The van der Waals surface area contributed by atoms with E-state index < -0.39 is 0 Å². The van der Waals surface area contributed by atoms with Gasteiger partial charge in [-0.05, 0) is 13.0 Å². The first-order valence-electron chi connectivity index (χ1n) is 4.70. The van der Waals surface area contributed by atoms with E-state index in [2.05, 4.69) is 25.5 Å². The quantitative estimate of drug-likeness (QED) is 0.803. The molecule has 0 spiro atoms. The highest BCUT2D eigenvalue weighted by molar-refractivity contribution is 6.29. The average molecular weight is 236 g/mol. The van der Waals surface area contributed by atoms with E-state index in [1.807, 2.05) is 25.1 Å². The second-order valence-corrected chi connectivity index (χ2v) is 3.45. The van der Waals surface area contributed by atoms with Gasteiger partial charge >= 0.3 is 0 Å². The topological polar surface area (TPSA) is 66.5 Å². The van der Waals surface area contributed by atoms with Crippen LogP contribution in [0.15, 0.2) is 24.5 Å². The maximum Gasteiger partial charge on any atom is 0.153 e. The van der Waals surface area contributed by atoms with E-state index in [1.54, 1.807) is 6.07 Å². The van der Waals surface area contributed by atoms with Crippen LogP contribution < -0.4 is 5.32 Å². The largest absolute Gasteiger partial charge is 0.323 e. The SMILES string of the molecule is CC=Cc1cc(Nc2cc(Cl)ncn2)n[nH]1. The average Bonchev–Trinajstić information content (AvgIpc) is 2.66. The summed E-state index contributed by atoms with van der Waals surface area (Å²) in [5, 5.41) is 10.3. The van der Waals surface area contributed by atoms with Crippen LogP contribution >= 0.6 is 11.6 Å². The lowest BCUT2D eigenvalue weighted by Gasteiger charge is -1.99. The van der Waals surface area contributed by atoms with Gasteiger partial charge in [0.15, 0.2) is 5.82 Å². The van der Waals surface area contributed by atoms with Crippen molar-refractivity contribution < 1.29 is 0 Å². The highest BCUT2D eigenvalue weighted by Crippen LogP contribution is 2.15. The predicted molar refractivity (Wildman–Crippen MR) is 63.6 cm³/mol. The van der Waals surface area contributed by atoms with Crippen LogP contribution in [-0.2, 0) is 0 Å². The highest BCUT2D eigenvalue weighted by Gasteiger charge is 2.00. The number of allylic oxidation sites excluding steroid dienone is 1. The molecule has 6 heteroatoms. The molecular weight excluding hydrogens is 226 g/mol. The van der Waals surface area contributed by atoms with Crippen molar-refractivity contribution in [2.24, 2.45) is 0 Å². The maximum atomic E-state index is 5.74. The standard InChI is InChI=1S/C10H10ClN5/c1-2-3-7-4-10(16-15-7)14-9-5-8(11)12-6-13-9/h2-6H,1H3,(H2,12,13,14,15,16). The van der Waals surface area contributed by atoms with Gasteiger partial charge in [-0.2, -0.15) is 5.10 Å². The third-order valence-electron chi connectivity index (χ3n) is 1.83. The fourth-order valence-corrected chi connectivity index (χ4v) is 1.35. The normalized spacial score (nSPS) is 10.9. The molecule has 0 saturated carbocycles. The molecule has 0 saturated heterocycles. The van der Waals surface area contributed by atoms with Crippen LogP contribution in [0.1, 0.15) is 12.6 Å². The third kappa shape index (κ3) is 2.58. The van der Waals surface area contributed by atoms with Gasteiger partial charge in [0, 0.05) is 12.1 Å². The molecule has 0 radical (unpaired) electrons. The third-order valence-corrected chi connectivity index (χ3v) is 2.04. The van der Waals surface area contributed by atoms with E-state index in [1.165, 1.54) is 6.33 Å². The number of hydrogen-bond acceptors (Lipinski definition) is 4. The Hall–Kier alpha value is -1.88. The number of anilines is 2. The van der Waals surface area contributed by atoms with Crippen molar-refractivity contribution in [1.82, 2.24) is 20.2 Å². The summed E-state index contributed by atoms with van der Waals surface area (Å²) in [5.41, 5.74) is 0.921. The van der Waals surface area contributed by atoms with Gasteiger partial charge in [0.2, 0.25) is 0 Å². The number of nitrogens with one attached hydrogen (secondary N) is 2. The second kappa shape index (κ2) is 4.76. The van der Waals surface area contributed by atoms with Gasteiger partial charge in [0.1, 0.15) is 17.3 Å². The van der Waals surface area contributed by atoms with Crippen molar-refractivity contribution in [2.45, 2.75) is 6.92 Å². The van der Waals surface area contributed by atoms with Crippen molar-refractivity contribution in [1.29, 1.82) is 0 Å². The van der Waals surface area contributed by atoms with Crippen LogP contribution in [0.5, 0.6) is 0 Å². The fraction of sp³-hybridized carbons (Fsp3) is 0.100. The van der Waals surface area contributed by atoms with Gasteiger partial charge in [-0.3, -0.25) is 5.10 Å². The summed E-state index contributed by atoms with van der Waals surface area (Å²) in [7, 11) is 0. The van der Waals surface area contributed by atoms with E-state index in [9.17, 15) is 0 Å². The molecule has 0 amide bonds. The monoisotopic (exact) mass is 235 g/mol. The molecule has 0 fully saturated rings. The summed E-state index contributed by atoms with van der Waals surface area (Å²) in [4.78, 5) is 7.80. The van der Waals surface area contributed by atoms with E-state index in [-0.39, 0.29) is 0 Å². The Balaban J connectivity index is 2.14. The Morgan fingerprint density at radius 3 is 2.94 bits per heavy atom. The van der Waals surface area contributed by atoms with Crippen molar-refractivity contribution in [3.63, 3.8) is 0 Å². The lowest BCUT2D eigenvalue weighted by molar-refractivity contribution is 1.07. The van der Waals surface area contributed by atoms with Crippen molar-refractivity contribution >= 4 is 29.3 Å². The first-order chi connectivity index (χ1) is 7.78. The molecule has 0 atom stereocenters. The Morgan fingerprint density at radius 2 is 2.19 bits per heavy atom. The lowest BCUT2D eigenvalue weighted by Crippen LogP contribution is -1.94. The van der Waals surface area contributed by atoms with E-state index >= 15 is 0 Å². The van der Waals surface area contributed by atoms with Crippen molar-refractivity contribution in [3.05, 3.63) is 35.4 Å². The van der Waals surface area contributed by atoms with Crippen LogP contribution in [-0.4, -0.2) is 20.2 Å². The zero-order valence-corrected chi connectivity index (χ0v) is 9.36. The molecule has 0 aliphatic rings. The first-order valence-corrected chi connectivity index (χ1v) is 5.08. The van der Waals surface area contributed by atoms with Crippen LogP contribution in [0, 0.1) is 0 Å². The van der Waals surface area contributed by atoms with Gasteiger partial charge in [0.05, 0.1) is 5.69 Å². The smallest absolute Gasteiger partial charge is 0.153 e. The lowest BCUT2D eigenvalue weighted by atomic mass is 10.4. The molecule has 0 aliphatic heterocycles. The minimum Gasteiger partial charge on any atom is -0.323 e. The first kappa shape index (κ1) is 10.6. The minimum atomic E-state index is 0.390. The number of rotatable bonds is 3. The summed E-state index contributed by atoms with van der Waals surface area (Å²) in [5.74, 6) is 1.29. The Kier molecular flexibility index (Phi) is 3.16. The minimum absolute atomic E-state index is 0.390. The zero-order chi connectivity index (χ0) is 11.4. The van der Waals surface area contributed by atoms with Gasteiger partial charge < -0.3 is 5.32 Å². The van der Waals surface area contributed by atoms with E-state index in [0.717, 1.165) is 5.69 Å². The molecule has 0 unspecified atom stereocenters. The molecule has 16 heavy (non-hydrogen) atoms. The van der Waals surface area contributed by atoms with Crippen LogP contribution in [0.3, 0.4) is 0 Å². The van der Waals surface area contributed by atoms with E-state index in [0.29, 0.717) is 16.8 Å². The molecule has 0 aliphatic carbocycles. The zero-order valence-electron chi connectivity index (χ0n) is 8.61. The van der Waals surface area contributed by atoms with Crippen molar-refractivity contribution in [2.75, 3.05) is 5.32 Å². The molecular formula is C10H10ClN5. The molecule has 5 nitrogen and oxygen atoms in total. The summed E-state index contributed by atoms with van der Waals surface area (Å²) in [6, 6.07) is 3.50. The molecule has 82 valence electrons. The molecule has 2 heterocycles. The fourth-order valence-electron chi connectivity index (χ4n) is 1.20. The van der Waals surface area contributed by atoms with Crippen LogP contribution in [0.2, 0.25) is 5.15 Å². The van der Waals surface area contributed by atoms with Gasteiger partial charge in [0.25, 0.3) is 0 Å². The van der Waals surface area contributed by atoms with Gasteiger partial charge in [-0.15, -0.1) is 0 Å². The van der Waals surface area contributed by atoms with Crippen LogP contribution in [0.25, 0.3) is 6.08 Å². The van der Waals surface area contributed by atoms with Crippen LogP contribution in [0.4, 0.5) is 11.6 Å². The highest BCUT2D eigenvalue weighted by atomic mass is 35.5. The molecule has 2 rings (SSSR count). The summed E-state index contributed by atoms with van der Waals surface area (Å²) >= 11 is 5.74. The Bertz CT molecular complexity index is 505. The summed E-state index contributed by atoms with van der Waals surface area (Å²) in [6.07, 6.45) is 5.24. The number of halogens is 1. The Morgan fingerprint density at radius 1 is 1.31 bits per heavy atom. The Labute approximate surface area is 97.6 Å². The summed E-state index contributed by atoms with van der Waals surface area (Å²) in [6.45, 7) is 1.94. The number of aromatic amines is 1. The van der Waals surface area contributed by atoms with Gasteiger partial charge in [-0.1, -0.05) is 17.7 Å². The predicted octanol–water partition coefficient (Wildman–Crippen LogP) is 2.63. The number of hydrogen-bond donors (Lipinski definition) is 2. The second-order valence-electron chi connectivity index (χ2n) is 3.06. The number of aromatic nitrogens is 4. The molecule has 0 aromatic carbocycles. The van der Waals surface area contributed by atoms with E-state index in [4.69, 9.17) is 11.6 Å². The number of nitrogens with zero attached hydrogens (tertiary/aromatic N) is 3. The summed E-state index contributed by atoms with van der Waals surface area (Å²) < 4.78 is 0. The molecule has 2 N–H and O–H groups in total. The maximum absolute atomic E-state index is 5.74. The van der Waals surface area contributed by atoms with Crippen molar-refractivity contribution in [3.8, 4) is 0 Å². The number of H-pyrrole nitrogens is 1.